The molecule has 0 aromatic heterocycles. The molecule has 0 aliphatic carbocycles. The topological polar surface area (TPSA) is 0 Å². The fraction of sp³-hybridized carbons (Fsp3) is 0.750. The smallest absolute Gasteiger partial charge is 0.0286 e. The summed E-state index contributed by atoms with van der Waals surface area (Å²) in [6.07, 6.45) is 0. The average Bonchev–Trinajstić information content (AvgIpc) is 2.00. The van der Waals surface area contributed by atoms with E-state index in [-0.39, 0.29) is 0 Å². The van der Waals surface area contributed by atoms with Gasteiger partial charge >= 0.3 is 0 Å². The minimum atomic E-state index is 0.385. The first kappa shape index (κ1) is 10.3. The molecule has 60 valence electrons. The SMILES string of the molecule is C=C(C(C)CCl)C(C)CCl. The van der Waals surface area contributed by atoms with Gasteiger partial charge in [0.15, 0.2) is 0 Å². The van der Waals surface area contributed by atoms with E-state index in [4.69, 9.17) is 23.2 Å². The second-order valence-corrected chi connectivity index (χ2v) is 3.30. The van der Waals surface area contributed by atoms with Gasteiger partial charge in [0, 0.05) is 11.8 Å². The van der Waals surface area contributed by atoms with Crippen LogP contribution in [0.2, 0.25) is 0 Å². The van der Waals surface area contributed by atoms with Crippen LogP contribution in [-0.2, 0) is 0 Å². The Bertz CT molecular complexity index is 97.8. The van der Waals surface area contributed by atoms with Crippen molar-refractivity contribution >= 4 is 23.2 Å². The summed E-state index contributed by atoms with van der Waals surface area (Å²) >= 11 is 11.3. The van der Waals surface area contributed by atoms with Gasteiger partial charge in [0.1, 0.15) is 0 Å². The van der Waals surface area contributed by atoms with E-state index in [1.807, 2.05) is 0 Å². The molecule has 0 aliphatic heterocycles. The van der Waals surface area contributed by atoms with E-state index in [0.29, 0.717) is 23.6 Å². The fourth-order valence-electron chi connectivity index (χ4n) is 0.684. The minimum Gasteiger partial charge on any atom is -0.126 e. The van der Waals surface area contributed by atoms with Gasteiger partial charge in [0.2, 0.25) is 0 Å². The third-order valence-corrected chi connectivity index (χ3v) is 2.65. The van der Waals surface area contributed by atoms with Crippen molar-refractivity contribution in [2.75, 3.05) is 11.8 Å². The molecule has 0 saturated heterocycles. The zero-order valence-corrected chi connectivity index (χ0v) is 8.04. The lowest BCUT2D eigenvalue weighted by atomic mass is 9.94. The molecule has 10 heavy (non-hydrogen) atoms. The van der Waals surface area contributed by atoms with Crippen molar-refractivity contribution in [2.24, 2.45) is 11.8 Å². The number of rotatable bonds is 4. The largest absolute Gasteiger partial charge is 0.126 e. The molecule has 0 rings (SSSR count). The Labute approximate surface area is 73.2 Å². The van der Waals surface area contributed by atoms with E-state index in [1.54, 1.807) is 0 Å². The van der Waals surface area contributed by atoms with Crippen LogP contribution >= 0.6 is 23.2 Å². The van der Waals surface area contributed by atoms with E-state index < -0.39 is 0 Å². The van der Waals surface area contributed by atoms with Gasteiger partial charge in [-0.2, -0.15) is 0 Å². The van der Waals surface area contributed by atoms with Crippen LogP contribution in [0.3, 0.4) is 0 Å². The lowest BCUT2D eigenvalue weighted by molar-refractivity contribution is 0.638. The van der Waals surface area contributed by atoms with Crippen molar-refractivity contribution in [2.45, 2.75) is 13.8 Å². The second-order valence-electron chi connectivity index (χ2n) is 2.69. The molecule has 0 aliphatic rings. The average molecular weight is 181 g/mol. The number of hydrogen-bond acceptors (Lipinski definition) is 0. The van der Waals surface area contributed by atoms with Crippen molar-refractivity contribution in [3.63, 3.8) is 0 Å². The van der Waals surface area contributed by atoms with Crippen LogP contribution in [0, 0.1) is 11.8 Å². The molecular weight excluding hydrogens is 167 g/mol. The number of alkyl halides is 2. The number of halogens is 2. The summed E-state index contributed by atoms with van der Waals surface area (Å²) < 4.78 is 0. The molecule has 0 radical (unpaired) electrons. The molecule has 0 fully saturated rings. The van der Waals surface area contributed by atoms with E-state index >= 15 is 0 Å². The Kier molecular flexibility index (Phi) is 5.20. The summed E-state index contributed by atoms with van der Waals surface area (Å²) in [5.74, 6) is 2.05. The van der Waals surface area contributed by atoms with E-state index in [1.165, 1.54) is 0 Å². The molecule has 0 nitrogen and oxygen atoms in total. The summed E-state index contributed by atoms with van der Waals surface area (Å²) in [5.41, 5.74) is 1.16. The highest BCUT2D eigenvalue weighted by Gasteiger charge is 2.11. The van der Waals surface area contributed by atoms with Gasteiger partial charge in [-0.1, -0.05) is 26.0 Å². The van der Waals surface area contributed by atoms with Crippen LogP contribution in [0.1, 0.15) is 13.8 Å². The maximum absolute atomic E-state index is 5.64. The zero-order chi connectivity index (χ0) is 8.15. The Balaban J connectivity index is 3.82. The molecule has 0 bridgehead atoms. The minimum absolute atomic E-state index is 0.385. The first-order valence-corrected chi connectivity index (χ1v) is 4.51. The summed E-state index contributed by atoms with van der Waals surface area (Å²) in [5, 5.41) is 0. The van der Waals surface area contributed by atoms with Crippen molar-refractivity contribution in [3.8, 4) is 0 Å². The highest BCUT2D eigenvalue weighted by atomic mass is 35.5. The standard InChI is InChI=1S/C8H14Cl2/c1-6(4-9)8(3)7(2)5-10/h6-7H,3-5H2,1-2H3. The predicted molar refractivity (Wildman–Crippen MR) is 48.9 cm³/mol. The molecule has 0 N–H and O–H groups in total. The van der Waals surface area contributed by atoms with Gasteiger partial charge in [-0.25, -0.2) is 0 Å². The number of allylic oxidation sites excluding steroid dienone is 1. The highest BCUT2D eigenvalue weighted by Crippen LogP contribution is 2.19. The molecule has 0 aromatic rings. The van der Waals surface area contributed by atoms with Crippen LogP contribution in [0.4, 0.5) is 0 Å². The van der Waals surface area contributed by atoms with Gasteiger partial charge in [-0.05, 0) is 11.8 Å². The highest BCUT2D eigenvalue weighted by molar-refractivity contribution is 6.18. The third-order valence-electron chi connectivity index (χ3n) is 1.73. The molecule has 0 heterocycles. The molecule has 0 aromatic carbocycles. The molecule has 0 saturated carbocycles. The second kappa shape index (κ2) is 5.03. The number of hydrogen-bond donors (Lipinski definition) is 0. The first-order valence-electron chi connectivity index (χ1n) is 3.44. The summed E-state index contributed by atoms with van der Waals surface area (Å²) in [4.78, 5) is 0. The van der Waals surface area contributed by atoms with Crippen LogP contribution in [0.5, 0.6) is 0 Å². The Morgan fingerprint density at radius 3 is 1.70 bits per heavy atom. The van der Waals surface area contributed by atoms with Crippen molar-refractivity contribution in [3.05, 3.63) is 12.2 Å². The normalized spacial score (nSPS) is 16.4. The van der Waals surface area contributed by atoms with E-state index in [9.17, 15) is 0 Å². The molecule has 0 spiro atoms. The van der Waals surface area contributed by atoms with Gasteiger partial charge < -0.3 is 0 Å². The van der Waals surface area contributed by atoms with E-state index in [2.05, 4.69) is 20.4 Å². The van der Waals surface area contributed by atoms with E-state index in [0.717, 1.165) is 5.57 Å². The fourth-order valence-corrected chi connectivity index (χ4v) is 1.08. The summed E-state index contributed by atoms with van der Waals surface area (Å²) in [7, 11) is 0. The van der Waals surface area contributed by atoms with Crippen LogP contribution in [0.15, 0.2) is 12.2 Å². The monoisotopic (exact) mass is 180 g/mol. The molecule has 0 amide bonds. The van der Waals surface area contributed by atoms with Gasteiger partial charge in [0.05, 0.1) is 0 Å². The predicted octanol–water partition coefficient (Wildman–Crippen LogP) is 3.29. The Hall–Kier alpha value is 0.320. The lowest BCUT2D eigenvalue weighted by Crippen LogP contribution is -2.09. The summed E-state index contributed by atoms with van der Waals surface area (Å²) in [6, 6.07) is 0. The van der Waals surface area contributed by atoms with Crippen LogP contribution in [-0.4, -0.2) is 11.8 Å². The maximum Gasteiger partial charge on any atom is 0.0286 e. The van der Waals surface area contributed by atoms with Gasteiger partial charge in [0.25, 0.3) is 0 Å². The zero-order valence-electron chi connectivity index (χ0n) is 6.53. The lowest BCUT2D eigenvalue weighted by Gasteiger charge is -2.16. The molecule has 2 heteroatoms. The molecular formula is C8H14Cl2. The summed E-state index contributed by atoms with van der Waals surface area (Å²) in [6.45, 7) is 8.06. The van der Waals surface area contributed by atoms with Crippen molar-refractivity contribution < 1.29 is 0 Å². The Morgan fingerprint density at radius 1 is 1.20 bits per heavy atom. The third kappa shape index (κ3) is 2.94. The molecule has 2 atom stereocenters. The van der Waals surface area contributed by atoms with Crippen LogP contribution in [0.25, 0.3) is 0 Å². The molecule has 2 unspecified atom stereocenters. The van der Waals surface area contributed by atoms with Gasteiger partial charge in [-0.3, -0.25) is 0 Å². The van der Waals surface area contributed by atoms with Crippen LogP contribution < -0.4 is 0 Å². The first-order chi connectivity index (χ1) is 4.63. The van der Waals surface area contributed by atoms with Crippen molar-refractivity contribution in [1.82, 2.24) is 0 Å². The van der Waals surface area contributed by atoms with Gasteiger partial charge in [-0.15, -0.1) is 23.2 Å². The van der Waals surface area contributed by atoms with Crippen molar-refractivity contribution in [1.29, 1.82) is 0 Å². The Morgan fingerprint density at radius 2 is 1.50 bits per heavy atom. The maximum atomic E-state index is 5.64. The quantitative estimate of drug-likeness (QED) is 0.461.